The number of carbonyl (C=O) groups is 2. The zero-order valence-electron chi connectivity index (χ0n) is 11.9. The van der Waals surface area contributed by atoms with Gasteiger partial charge in [0, 0.05) is 13.1 Å². The minimum Gasteiger partial charge on any atom is -0.330 e. The average Bonchev–Trinajstić information content (AvgIpc) is 3.28. The molecule has 2 aliphatic heterocycles. The molecule has 1 atom stereocenters. The number of amides is 3. The van der Waals surface area contributed by atoms with Crippen molar-refractivity contribution >= 4 is 11.9 Å². The molecular weight excluding hydrogens is 266 g/mol. The van der Waals surface area contributed by atoms with Crippen LogP contribution < -0.4 is 5.32 Å². The van der Waals surface area contributed by atoms with Crippen molar-refractivity contribution in [2.45, 2.75) is 24.9 Å². The number of urea groups is 1. The molecule has 5 heteroatoms. The number of hydrogen-bond acceptors (Lipinski definition) is 2. The van der Waals surface area contributed by atoms with Gasteiger partial charge in [-0.2, -0.15) is 0 Å². The number of likely N-dealkylation sites (N-methyl/N-ethyl adjacent to an activating group) is 1. The van der Waals surface area contributed by atoms with Crippen molar-refractivity contribution in [3.8, 4) is 0 Å². The van der Waals surface area contributed by atoms with E-state index in [-0.39, 0.29) is 18.0 Å². The molecule has 0 aromatic heterocycles. The van der Waals surface area contributed by atoms with Crippen molar-refractivity contribution in [3.05, 3.63) is 47.2 Å². The molecule has 2 heterocycles. The summed E-state index contributed by atoms with van der Waals surface area (Å²) in [5.41, 5.74) is 2.54. The van der Waals surface area contributed by atoms with Crippen LogP contribution in [0.15, 0.2) is 41.6 Å². The van der Waals surface area contributed by atoms with E-state index >= 15 is 0 Å². The van der Waals surface area contributed by atoms with Crippen LogP contribution in [0.2, 0.25) is 0 Å². The lowest BCUT2D eigenvalue weighted by Crippen LogP contribution is -2.45. The zero-order valence-corrected chi connectivity index (χ0v) is 11.9. The first-order valence-corrected chi connectivity index (χ1v) is 7.30. The first-order chi connectivity index (χ1) is 10.2. The molecule has 1 aliphatic carbocycles. The molecule has 1 saturated carbocycles. The van der Waals surface area contributed by atoms with Crippen molar-refractivity contribution in [2.75, 3.05) is 13.6 Å². The van der Waals surface area contributed by atoms with Crippen LogP contribution in [-0.2, 0) is 4.79 Å². The van der Waals surface area contributed by atoms with Gasteiger partial charge in [-0.05, 0) is 18.4 Å². The Bertz CT molecular complexity index is 649. The molecule has 3 amide bonds. The van der Waals surface area contributed by atoms with Gasteiger partial charge in [0.05, 0.1) is 23.9 Å². The molecule has 108 valence electrons. The Morgan fingerprint density at radius 3 is 2.52 bits per heavy atom. The van der Waals surface area contributed by atoms with Gasteiger partial charge in [0.1, 0.15) is 0 Å². The topological polar surface area (TPSA) is 52.7 Å². The van der Waals surface area contributed by atoms with Crippen molar-refractivity contribution in [1.82, 2.24) is 15.1 Å². The molecular formula is C16H17N3O2. The van der Waals surface area contributed by atoms with E-state index in [0.29, 0.717) is 12.6 Å². The first kappa shape index (κ1) is 12.4. The molecule has 4 rings (SSSR count). The Morgan fingerprint density at radius 2 is 1.86 bits per heavy atom. The van der Waals surface area contributed by atoms with Crippen LogP contribution >= 0.6 is 0 Å². The van der Waals surface area contributed by atoms with Gasteiger partial charge in [0.25, 0.3) is 5.91 Å². The van der Waals surface area contributed by atoms with Crippen LogP contribution in [0.4, 0.5) is 4.79 Å². The standard InChI is InChI=1S/C16H17N3O2/c1-18-12-9-19(11-7-8-11)15(20)13(12)14(17-16(18)21)10-5-3-2-4-6-10/h2-6,11,14H,7-9H2,1H3,(H,17,21). The van der Waals surface area contributed by atoms with Gasteiger partial charge >= 0.3 is 6.03 Å². The fourth-order valence-corrected chi connectivity index (χ4v) is 3.16. The highest BCUT2D eigenvalue weighted by Crippen LogP contribution is 2.40. The third kappa shape index (κ3) is 1.84. The second-order valence-corrected chi connectivity index (χ2v) is 5.88. The third-order valence-corrected chi connectivity index (χ3v) is 4.51. The van der Waals surface area contributed by atoms with E-state index in [1.54, 1.807) is 11.9 Å². The highest BCUT2D eigenvalue weighted by atomic mass is 16.2. The summed E-state index contributed by atoms with van der Waals surface area (Å²) in [6.07, 6.45) is 2.15. The second-order valence-electron chi connectivity index (χ2n) is 5.88. The zero-order chi connectivity index (χ0) is 14.6. The smallest absolute Gasteiger partial charge is 0.322 e. The van der Waals surface area contributed by atoms with Crippen molar-refractivity contribution < 1.29 is 9.59 Å². The summed E-state index contributed by atoms with van der Waals surface area (Å²) >= 11 is 0. The molecule has 1 unspecified atom stereocenters. The Morgan fingerprint density at radius 1 is 1.14 bits per heavy atom. The van der Waals surface area contributed by atoms with Gasteiger partial charge in [0.2, 0.25) is 0 Å². The number of carbonyl (C=O) groups excluding carboxylic acids is 2. The van der Waals surface area contributed by atoms with Crippen LogP contribution in [-0.4, -0.2) is 41.4 Å². The maximum absolute atomic E-state index is 12.7. The number of nitrogens with zero attached hydrogens (tertiary/aromatic N) is 2. The second kappa shape index (κ2) is 4.35. The lowest BCUT2D eigenvalue weighted by atomic mass is 9.96. The molecule has 21 heavy (non-hydrogen) atoms. The van der Waals surface area contributed by atoms with Gasteiger partial charge < -0.3 is 10.2 Å². The van der Waals surface area contributed by atoms with Crippen LogP contribution in [0.1, 0.15) is 24.4 Å². The molecule has 5 nitrogen and oxygen atoms in total. The molecule has 0 spiro atoms. The number of hydrogen-bond donors (Lipinski definition) is 1. The lowest BCUT2D eigenvalue weighted by molar-refractivity contribution is -0.126. The van der Waals surface area contributed by atoms with Gasteiger partial charge in [-0.25, -0.2) is 4.79 Å². The number of benzene rings is 1. The lowest BCUT2D eigenvalue weighted by Gasteiger charge is -2.31. The van der Waals surface area contributed by atoms with E-state index < -0.39 is 0 Å². The van der Waals surface area contributed by atoms with Gasteiger partial charge in [-0.15, -0.1) is 0 Å². The summed E-state index contributed by atoms with van der Waals surface area (Å²) in [7, 11) is 1.73. The Kier molecular flexibility index (Phi) is 2.58. The minimum absolute atomic E-state index is 0.0770. The van der Waals surface area contributed by atoms with Crippen LogP contribution in [0, 0.1) is 0 Å². The first-order valence-electron chi connectivity index (χ1n) is 7.30. The quantitative estimate of drug-likeness (QED) is 0.897. The van der Waals surface area contributed by atoms with Gasteiger partial charge in [-0.3, -0.25) is 9.69 Å². The number of rotatable bonds is 2. The maximum Gasteiger partial charge on any atom is 0.322 e. The maximum atomic E-state index is 12.7. The summed E-state index contributed by atoms with van der Waals surface area (Å²) in [6, 6.07) is 9.58. The normalized spacial score (nSPS) is 25.3. The molecule has 0 saturated heterocycles. The van der Waals surface area contributed by atoms with E-state index in [4.69, 9.17) is 0 Å². The Labute approximate surface area is 123 Å². The monoisotopic (exact) mass is 283 g/mol. The molecule has 1 N–H and O–H groups in total. The highest BCUT2D eigenvalue weighted by Gasteiger charge is 2.46. The van der Waals surface area contributed by atoms with Crippen molar-refractivity contribution in [2.24, 2.45) is 0 Å². The van der Waals surface area contributed by atoms with E-state index in [1.165, 1.54) is 0 Å². The highest BCUT2D eigenvalue weighted by molar-refractivity contribution is 6.01. The van der Waals surface area contributed by atoms with Crippen molar-refractivity contribution in [1.29, 1.82) is 0 Å². The molecule has 1 aromatic carbocycles. The molecule has 1 fully saturated rings. The largest absolute Gasteiger partial charge is 0.330 e. The molecule has 1 aromatic rings. The summed E-state index contributed by atoms with van der Waals surface area (Å²) < 4.78 is 0. The molecule has 3 aliphatic rings. The SMILES string of the molecule is CN1C(=O)NC(c2ccccc2)C2=C1CN(C1CC1)C2=O. The third-order valence-electron chi connectivity index (χ3n) is 4.51. The van der Waals surface area contributed by atoms with Crippen molar-refractivity contribution in [3.63, 3.8) is 0 Å². The fourth-order valence-electron chi connectivity index (χ4n) is 3.16. The molecule has 0 radical (unpaired) electrons. The molecule has 0 bridgehead atoms. The summed E-state index contributed by atoms with van der Waals surface area (Å²) in [5.74, 6) is 0.0770. The summed E-state index contributed by atoms with van der Waals surface area (Å²) in [5, 5.41) is 2.95. The fraction of sp³-hybridized carbons (Fsp3) is 0.375. The van der Waals surface area contributed by atoms with E-state index in [0.717, 1.165) is 29.7 Å². The Hall–Kier alpha value is -2.30. The minimum atomic E-state index is -0.332. The summed E-state index contributed by atoms with van der Waals surface area (Å²) in [6.45, 7) is 0.562. The van der Waals surface area contributed by atoms with Crippen LogP contribution in [0.3, 0.4) is 0 Å². The Balaban J connectivity index is 1.77. The van der Waals surface area contributed by atoms with Crippen LogP contribution in [0.5, 0.6) is 0 Å². The predicted molar refractivity (Wildman–Crippen MR) is 77.2 cm³/mol. The van der Waals surface area contributed by atoms with E-state index in [2.05, 4.69) is 5.32 Å². The predicted octanol–water partition coefficient (Wildman–Crippen LogP) is 1.64. The van der Waals surface area contributed by atoms with Gasteiger partial charge in [-0.1, -0.05) is 30.3 Å². The summed E-state index contributed by atoms with van der Waals surface area (Å²) in [4.78, 5) is 28.4. The van der Waals surface area contributed by atoms with E-state index in [9.17, 15) is 9.59 Å². The average molecular weight is 283 g/mol. The van der Waals surface area contributed by atoms with Gasteiger partial charge in [0.15, 0.2) is 0 Å². The number of nitrogens with one attached hydrogen (secondary N) is 1. The van der Waals surface area contributed by atoms with Crippen LogP contribution in [0.25, 0.3) is 0 Å². The van der Waals surface area contributed by atoms with E-state index in [1.807, 2.05) is 35.2 Å².